The van der Waals surface area contributed by atoms with E-state index in [4.69, 9.17) is 0 Å². The molecular weight excluding hydrogens is 835 g/mol. The van der Waals surface area contributed by atoms with Crippen molar-refractivity contribution in [3.8, 4) is 0 Å². The second-order valence-electron chi connectivity index (χ2n) is 19.0. The number of nitrogens with zero attached hydrogens (tertiary/aromatic N) is 3. The first-order valence-corrected chi connectivity index (χ1v) is 25.3. The van der Waals surface area contributed by atoms with Gasteiger partial charge in [0.15, 0.2) is 0 Å². The van der Waals surface area contributed by atoms with Gasteiger partial charge in [-0.2, -0.15) is 0 Å². The fraction of sp³-hybridized carbons (Fsp3) is 0.182. The van der Waals surface area contributed by atoms with Gasteiger partial charge in [-0.1, -0.05) is 147 Å². The number of allylic oxidation sites excluding steroid dienone is 16. The monoisotopic (exact) mass is 893 g/mol. The fourth-order valence-electron chi connectivity index (χ4n) is 12.4. The van der Waals surface area contributed by atoms with Gasteiger partial charge in [-0.15, -0.1) is 0 Å². The Hall–Kier alpha value is -7.62. The highest BCUT2D eigenvalue weighted by Crippen LogP contribution is 2.55. The molecule has 6 aromatic carbocycles. The van der Waals surface area contributed by atoms with E-state index in [1.165, 1.54) is 106 Å². The Morgan fingerprint density at radius 3 is 2.30 bits per heavy atom. The summed E-state index contributed by atoms with van der Waals surface area (Å²) in [4.78, 5) is 2.51. The molecule has 2 heterocycles. The first-order chi connectivity index (χ1) is 34.1. The minimum Gasteiger partial charge on any atom is -0.313 e. The van der Waals surface area contributed by atoms with E-state index < -0.39 is 0 Å². The van der Waals surface area contributed by atoms with Gasteiger partial charge in [-0.05, 0) is 169 Å². The third-order valence-corrected chi connectivity index (χ3v) is 15.4. The van der Waals surface area contributed by atoms with Crippen LogP contribution in [0.5, 0.6) is 0 Å². The molecule has 8 aromatic rings. The van der Waals surface area contributed by atoms with Crippen LogP contribution in [0.15, 0.2) is 218 Å². The molecule has 0 saturated heterocycles. The second kappa shape index (κ2) is 17.8. The summed E-state index contributed by atoms with van der Waals surface area (Å²) in [6.45, 7) is 10.3. The van der Waals surface area contributed by atoms with Crippen molar-refractivity contribution in [3.05, 3.63) is 240 Å². The molecule has 3 heteroatoms. The van der Waals surface area contributed by atoms with Crippen molar-refractivity contribution in [1.82, 2.24) is 9.13 Å². The molecule has 0 spiro atoms. The van der Waals surface area contributed by atoms with E-state index in [2.05, 4.69) is 222 Å². The van der Waals surface area contributed by atoms with Gasteiger partial charge in [0.05, 0.1) is 16.6 Å². The average Bonchev–Trinajstić information content (AvgIpc) is 4.07. The van der Waals surface area contributed by atoms with Gasteiger partial charge in [0.1, 0.15) is 0 Å². The molecule has 3 unspecified atom stereocenters. The summed E-state index contributed by atoms with van der Waals surface area (Å²) in [5, 5.41) is 6.41. The Morgan fingerprint density at radius 2 is 1.46 bits per heavy atom. The van der Waals surface area contributed by atoms with Gasteiger partial charge < -0.3 is 14.0 Å². The lowest BCUT2D eigenvalue weighted by atomic mass is 9.67. The molecule has 0 bridgehead atoms. The van der Waals surface area contributed by atoms with Crippen molar-refractivity contribution in [2.24, 2.45) is 11.8 Å². The number of aromatic nitrogens is 2. The van der Waals surface area contributed by atoms with Crippen LogP contribution in [-0.4, -0.2) is 9.13 Å². The Balaban J connectivity index is 0.00000243. The zero-order valence-corrected chi connectivity index (χ0v) is 40.1. The number of fused-ring (bicyclic) bond motifs is 12. The number of rotatable bonds is 8. The van der Waals surface area contributed by atoms with Crippen molar-refractivity contribution in [2.45, 2.75) is 65.2 Å². The molecule has 338 valence electrons. The predicted molar refractivity (Wildman–Crippen MR) is 296 cm³/mol. The van der Waals surface area contributed by atoms with Crippen molar-refractivity contribution in [3.63, 3.8) is 0 Å². The minimum atomic E-state index is 0.307. The van der Waals surface area contributed by atoms with E-state index in [0.717, 1.165) is 37.8 Å². The van der Waals surface area contributed by atoms with Crippen LogP contribution >= 0.6 is 0 Å². The van der Waals surface area contributed by atoms with Crippen molar-refractivity contribution >= 4 is 78.0 Å². The van der Waals surface area contributed by atoms with Crippen molar-refractivity contribution in [1.29, 1.82) is 0 Å². The van der Waals surface area contributed by atoms with Crippen LogP contribution in [0.4, 0.5) is 17.1 Å². The molecule has 0 saturated carbocycles. The third-order valence-electron chi connectivity index (χ3n) is 15.4. The molecule has 3 atom stereocenters. The molecule has 0 aliphatic heterocycles. The zero-order chi connectivity index (χ0) is 46.6. The molecule has 5 aliphatic rings. The van der Waals surface area contributed by atoms with Gasteiger partial charge in [-0.3, -0.25) is 0 Å². The molecular formula is C66H59N3. The minimum absolute atomic E-state index is 0.307. The smallest absolute Gasteiger partial charge is 0.0539 e. The molecule has 5 aliphatic carbocycles. The lowest BCUT2D eigenvalue weighted by Crippen LogP contribution is -2.24. The largest absolute Gasteiger partial charge is 0.313 e. The molecule has 69 heavy (non-hydrogen) atoms. The SMILES string of the molecule is C=C/C(=C\C=C/C)n1c2c(c3ccccc31)CC(C1=C3C=CCCC3C3C(=C1)Cc1ccc(N(c4ccc5ccccc5c4)c4ccc5c(c4)c4ccccc4n5C4=CC=CCC4)cc13)C=C2.CC. The second-order valence-corrected chi connectivity index (χ2v) is 19.0. The maximum absolute atomic E-state index is 4.22. The van der Waals surface area contributed by atoms with Gasteiger partial charge in [0, 0.05) is 62.1 Å². The van der Waals surface area contributed by atoms with E-state index in [1.54, 1.807) is 5.57 Å². The first-order valence-electron chi connectivity index (χ1n) is 25.3. The van der Waals surface area contributed by atoms with Crippen LogP contribution in [0.25, 0.3) is 61.0 Å². The number of para-hydroxylation sites is 2. The van der Waals surface area contributed by atoms with Crippen LogP contribution in [-0.2, 0) is 12.8 Å². The number of benzene rings is 6. The van der Waals surface area contributed by atoms with E-state index in [0.29, 0.717) is 17.8 Å². The van der Waals surface area contributed by atoms with Crippen LogP contribution in [0.1, 0.15) is 74.8 Å². The highest BCUT2D eigenvalue weighted by molar-refractivity contribution is 6.11. The summed E-state index contributed by atoms with van der Waals surface area (Å²) >= 11 is 0. The summed E-state index contributed by atoms with van der Waals surface area (Å²) in [5.41, 5.74) is 20.1. The summed E-state index contributed by atoms with van der Waals surface area (Å²) in [6, 6.07) is 48.1. The standard InChI is InChI=1S/C64H53N3.C2H6/c1-3-5-19-47(4-2)66-60-26-15-13-23-53(60)58-38-45(30-34-62(58)66)56-39-46-36-44-29-32-50(40-57(44)64(46)55-25-12-11-22-52(55)56)65(49-31-28-42-17-9-10-18-43(42)37-49)51-33-35-63-59(41-51)54-24-14-16-27-61(54)67(63)48-20-7-6-8-21-48;1-2/h3-7,9-11,13-20,22-24,26-35,37,39-41,45,55,64H,2,8,12,21,25,36,38H2,1H3;1-2H3/b5-3-,47-19+;. The van der Waals surface area contributed by atoms with E-state index in [9.17, 15) is 0 Å². The topological polar surface area (TPSA) is 13.1 Å². The summed E-state index contributed by atoms with van der Waals surface area (Å²) in [6.07, 6.45) is 33.9. The lowest BCUT2D eigenvalue weighted by molar-refractivity contribution is 0.485. The molecule has 0 radical (unpaired) electrons. The number of hydrogen-bond acceptors (Lipinski definition) is 1. The van der Waals surface area contributed by atoms with Crippen LogP contribution in [0.3, 0.4) is 0 Å². The van der Waals surface area contributed by atoms with Crippen molar-refractivity contribution in [2.75, 3.05) is 4.90 Å². The van der Waals surface area contributed by atoms with Gasteiger partial charge in [0.25, 0.3) is 0 Å². The van der Waals surface area contributed by atoms with Gasteiger partial charge in [0.2, 0.25) is 0 Å². The Bertz CT molecular complexity index is 3640. The first kappa shape index (κ1) is 42.7. The molecule has 0 fully saturated rings. The maximum atomic E-state index is 4.22. The van der Waals surface area contributed by atoms with Gasteiger partial charge >= 0.3 is 0 Å². The predicted octanol–water partition coefficient (Wildman–Crippen LogP) is 17.9. The van der Waals surface area contributed by atoms with E-state index in [1.807, 2.05) is 19.9 Å². The quantitative estimate of drug-likeness (QED) is 0.139. The maximum Gasteiger partial charge on any atom is 0.0539 e. The summed E-state index contributed by atoms with van der Waals surface area (Å²) < 4.78 is 4.89. The van der Waals surface area contributed by atoms with Crippen LogP contribution in [0.2, 0.25) is 0 Å². The van der Waals surface area contributed by atoms with Gasteiger partial charge in [-0.25, -0.2) is 0 Å². The normalized spacial score (nSPS) is 19.3. The summed E-state index contributed by atoms with van der Waals surface area (Å²) in [5.74, 6) is 1.12. The fourth-order valence-corrected chi connectivity index (χ4v) is 12.4. The Labute approximate surface area is 407 Å². The third kappa shape index (κ3) is 7.09. The highest BCUT2D eigenvalue weighted by Gasteiger charge is 2.41. The van der Waals surface area contributed by atoms with E-state index >= 15 is 0 Å². The molecule has 0 amide bonds. The van der Waals surface area contributed by atoms with Crippen molar-refractivity contribution < 1.29 is 0 Å². The molecule has 2 aromatic heterocycles. The Morgan fingerprint density at radius 1 is 0.710 bits per heavy atom. The highest BCUT2D eigenvalue weighted by atomic mass is 15.1. The summed E-state index contributed by atoms with van der Waals surface area (Å²) in [7, 11) is 0. The molecule has 0 N–H and O–H groups in total. The average molecular weight is 894 g/mol. The van der Waals surface area contributed by atoms with Crippen LogP contribution < -0.4 is 4.90 Å². The lowest BCUT2D eigenvalue weighted by Gasteiger charge is -2.37. The Kier molecular flexibility index (Phi) is 11.0. The molecule has 13 rings (SSSR count). The number of anilines is 3. The van der Waals surface area contributed by atoms with Crippen LogP contribution in [0, 0.1) is 11.8 Å². The number of hydrogen-bond donors (Lipinski definition) is 0. The van der Waals surface area contributed by atoms with E-state index in [-0.39, 0.29) is 0 Å². The zero-order valence-electron chi connectivity index (χ0n) is 40.1. The molecule has 3 nitrogen and oxygen atoms in total.